The lowest BCUT2D eigenvalue weighted by Crippen LogP contribution is -2.49. The molecule has 0 atom stereocenters. The van der Waals surface area contributed by atoms with Crippen LogP contribution in [-0.2, 0) is 9.59 Å². The molecular weight excluding hydrogens is 356 g/mol. The minimum Gasteiger partial charge on any atom is -0.495 e. The summed E-state index contributed by atoms with van der Waals surface area (Å²) in [6.07, 6.45) is 5.35. The van der Waals surface area contributed by atoms with Gasteiger partial charge in [-0.15, -0.1) is 0 Å². The van der Waals surface area contributed by atoms with E-state index < -0.39 is 11.3 Å². The van der Waals surface area contributed by atoms with Gasteiger partial charge < -0.3 is 20.1 Å². The zero-order chi connectivity index (χ0) is 19.3. The Kier molecular flexibility index (Phi) is 6.75. The van der Waals surface area contributed by atoms with Gasteiger partial charge in [0, 0.05) is 18.2 Å². The lowest BCUT2D eigenvalue weighted by molar-refractivity contribution is -0.139. The molecular formula is C19H27ClN2O4. The predicted molar refractivity (Wildman–Crippen MR) is 102 cm³/mol. The van der Waals surface area contributed by atoms with Crippen molar-refractivity contribution < 1.29 is 19.1 Å². The van der Waals surface area contributed by atoms with Gasteiger partial charge >= 0.3 is 0 Å². The van der Waals surface area contributed by atoms with Crippen molar-refractivity contribution >= 4 is 29.1 Å². The van der Waals surface area contributed by atoms with Crippen LogP contribution >= 0.6 is 11.6 Å². The van der Waals surface area contributed by atoms with Gasteiger partial charge in [-0.05, 0) is 26.7 Å². The lowest BCUT2D eigenvalue weighted by atomic mass is 9.88. The molecule has 1 aromatic rings. The molecule has 0 radical (unpaired) electrons. The SMILES string of the molecule is COc1cc(NC(=O)C(C)(C)C(=O)NC2CCCCC2)c(OC)cc1Cl. The molecule has 0 aromatic heterocycles. The van der Waals surface area contributed by atoms with Crippen LogP contribution in [0, 0.1) is 5.41 Å². The number of carbonyl (C=O) groups is 2. The van der Waals surface area contributed by atoms with E-state index in [2.05, 4.69) is 10.6 Å². The molecule has 6 nitrogen and oxygen atoms in total. The molecule has 2 N–H and O–H groups in total. The summed E-state index contributed by atoms with van der Waals surface area (Å²) in [6, 6.07) is 3.28. The van der Waals surface area contributed by atoms with E-state index in [0.29, 0.717) is 22.2 Å². The van der Waals surface area contributed by atoms with Gasteiger partial charge in [0.05, 0.1) is 24.9 Å². The topological polar surface area (TPSA) is 76.7 Å². The number of ether oxygens (including phenoxy) is 2. The van der Waals surface area contributed by atoms with Gasteiger partial charge in [0.2, 0.25) is 11.8 Å². The van der Waals surface area contributed by atoms with E-state index in [1.54, 1.807) is 26.0 Å². The van der Waals surface area contributed by atoms with E-state index in [1.165, 1.54) is 20.6 Å². The fourth-order valence-corrected chi connectivity index (χ4v) is 3.18. The van der Waals surface area contributed by atoms with Gasteiger partial charge in [-0.3, -0.25) is 9.59 Å². The first kappa shape index (κ1) is 20.4. The van der Waals surface area contributed by atoms with Crippen LogP contribution in [0.25, 0.3) is 0 Å². The maximum absolute atomic E-state index is 12.8. The normalized spacial score (nSPS) is 15.3. The van der Waals surface area contributed by atoms with Crippen LogP contribution in [0.5, 0.6) is 11.5 Å². The van der Waals surface area contributed by atoms with Crippen LogP contribution in [0.15, 0.2) is 12.1 Å². The van der Waals surface area contributed by atoms with Crippen LogP contribution in [0.4, 0.5) is 5.69 Å². The molecule has 0 aliphatic heterocycles. The van der Waals surface area contributed by atoms with Crippen LogP contribution < -0.4 is 20.1 Å². The molecule has 2 rings (SSSR count). The number of halogens is 1. The van der Waals surface area contributed by atoms with Gasteiger partial charge in [0.15, 0.2) is 0 Å². The number of hydrogen-bond acceptors (Lipinski definition) is 4. The Labute approximate surface area is 159 Å². The number of anilines is 1. The molecule has 26 heavy (non-hydrogen) atoms. The molecule has 1 aliphatic carbocycles. The molecule has 1 fully saturated rings. The fourth-order valence-electron chi connectivity index (χ4n) is 2.95. The zero-order valence-electron chi connectivity index (χ0n) is 15.8. The van der Waals surface area contributed by atoms with Crippen molar-refractivity contribution in [2.24, 2.45) is 5.41 Å². The summed E-state index contributed by atoms with van der Waals surface area (Å²) in [7, 11) is 2.97. The average Bonchev–Trinajstić information content (AvgIpc) is 2.63. The highest BCUT2D eigenvalue weighted by Crippen LogP contribution is 2.36. The fraction of sp³-hybridized carbons (Fsp3) is 0.579. The molecule has 1 saturated carbocycles. The second kappa shape index (κ2) is 8.62. The van der Waals surface area contributed by atoms with Crippen molar-refractivity contribution in [1.29, 1.82) is 0 Å². The van der Waals surface area contributed by atoms with Crippen LogP contribution in [0.3, 0.4) is 0 Å². The highest BCUT2D eigenvalue weighted by Gasteiger charge is 2.37. The first-order valence-corrected chi connectivity index (χ1v) is 9.21. The molecule has 2 amide bonds. The third kappa shape index (κ3) is 4.61. The Morgan fingerprint density at radius 3 is 2.23 bits per heavy atom. The highest BCUT2D eigenvalue weighted by molar-refractivity contribution is 6.32. The first-order valence-electron chi connectivity index (χ1n) is 8.83. The number of carbonyl (C=O) groups excluding carboxylic acids is 2. The van der Waals surface area contributed by atoms with E-state index in [4.69, 9.17) is 21.1 Å². The van der Waals surface area contributed by atoms with Crippen molar-refractivity contribution in [3.05, 3.63) is 17.2 Å². The Hall–Kier alpha value is -1.95. The monoisotopic (exact) mass is 382 g/mol. The first-order chi connectivity index (χ1) is 12.3. The van der Waals surface area contributed by atoms with Crippen molar-refractivity contribution in [2.45, 2.75) is 52.0 Å². The quantitative estimate of drug-likeness (QED) is 0.734. The number of amides is 2. The number of benzene rings is 1. The van der Waals surface area contributed by atoms with Crippen molar-refractivity contribution in [3.8, 4) is 11.5 Å². The second-order valence-electron chi connectivity index (χ2n) is 7.07. The van der Waals surface area contributed by atoms with E-state index in [0.717, 1.165) is 25.7 Å². The average molecular weight is 383 g/mol. The Morgan fingerprint density at radius 1 is 1.04 bits per heavy atom. The van der Waals surface area contributed by atoms with E-state index >= 15 is 0 Å². The second-order valence-corrected chi connectivity index (χ2v) is 7.48. The summed E-state index contributed by atoms with van der Waals surface area (Å²) in [5.74, 6) is 0.107. The van der Waals surface area contributed by atoms with Crippen molar-refractivity contribution in [3.63, 3.8) is 0 Å². The molecule has 7 heteroatoms. The van der Waals surface area contributed by atoms with Gasteiger partial charge in [0.25, 0.3) is 0 Å². The summed E-state index contributed by atoms with van der Waals surface area (Å²) < 4.78 is 10.4. The van der Waals surface area contributed by atoms with Crippen LogP contribution in [0.1, 0.15) is 46.0 Å². The Bertz CT molecular complexity index is 670. The summed E-state index contributed by atoms with van der Waals surface area (Å²) in [5.41, 5.74) is -0.827. The smallest absolute Gasteiger partial charge is 0.239 e. The van der Waals surface area contributed by atoms with Crippen molar-refractivity contribution in [1.82, 2.24) is 5.32 Å². The van der Waals surface area contributed by atoms with Gasteiger partial charge in [-0.2, -0.15) is 0 Å². The zero-order valence-corrected chi connectivity index (χ0v) is 16.5. The predicted octanol–water partition coefficient (Wildman–Crippen LogP) is 3.77. The summed E-state index contributed by atoms with van der Waals surface area (Å²) >= 11 is 6.08. The molecule has 1 aliphatic rings. The lowest BCUT2D eigenvalue weighted by Gasteiger charge is -2.28. The van der Waals surface area contributed by atoms with E-state index in [9.17, 15) is 9.59 Å². The van der Waals surface area contributed by atoms with Gasteiger partial charge in [-0.25, -0.2) is 0 Å². The van der Waals surface area contributed by atoms with Crippen molar-refractivity contribution in [2.75, 3.05) is 19.5 Å². The van der Waals surface area contributed by atoms with Gasteiger partial charge in [-0.1, -0.05) is 30.9 Å². The molecule has 0 heterocycles. The van der Waals surface area contributed by atoms with E-state index in [-0.39, 0.29) is 11.9 Å². The molecule has 0 bridgehead atoms. The standard InChI is InChI=1S/C19H27ClN2O4/c1-19(2,17(23)21-12-8-6-5-7-9-12)18(24)22-14-11-15(25-3)13(20)10-16(14)26-4/h10-12H,5-9H2,1-4H3,(H,21,23)(H,22,24). The maximum Gasteiger partial charge on any atom is 0.239 e. The molecule has 0 spiro atoms. The van der Waals surface area contributed by atoms with Crippen LogP contribution in [0.2, 0.25) is 5.02 Å². The molecule has 144 valence electrons. The Balaban J connectivity index is 2.13. The minimum absolute atomic E-state index is 0.147. The highest BCUT2D eigenvalue weighted by atomic mass is 35.5. The Morgan fingerprint density at radius 2 is 1.65 bits per heavy atom. The van der Waals surface area contributed by atoms with Gasteiger partial charge in [0.1, 0.15) is 16.9 Å². The summed E-state index contributed by atoms with van der Waals surface area (Å²) in [6.45, 7) is 3.22. The molecule has 0 unspecified atom stereocenters. The number of methoxy groups -OCH3 is 2. The third-order valence-electron chi connectivity index (χ3n) is 4.80. The van der Waals surface area contributed by atoms with Crippen LogP contribution in [-0.4, -0.2) is 32.1 Å². The number of nitrogens with one attached hydrogen (secondary N) is 2. The molecule has 0 saturated heterocycles. The van der Waals surface area contributed by atoms with E-state index in [1.807, 2.05) is 0 Å². The largest absolute Gasteiger partial charge is 0.495 e. The summed E-state index contributed by atoms with van der Waals surface area (Å²) in [5, 5.41) is 6.14. The third-order valence-corrected chi connectivity index (χ3v) is 5.09. The number of rotatable bonds is 6. The number of hydrogen-bond donors (Lipinski definition) is 2. The maximum atomic E-state index is 12.8. The summed E-state index contributed by atoms with van der Waals surface area (Å²) in [4.78, 5) is 25.4. The molecule has 1 aromatic carbocycles. The minimum atomic E-state index is -1.23.